The summed E-state index contributed by atoms with van der Waals surface area (Å²) in [7, 11) is 1.94. The minimum Gasteiger partial charge on any atom is -0.343 e. The van der Waals surface area contributed by atoms with Crippen molar-refractivity contribution in [2.45, 2.75) is 84.1 Å². The molecule has 1 fully saturated rings. The Labute approximate surface area is 148 Å². The molecular weight excluding hydrogens is 298 g/mol. The zero-order chi connectivity index (χ0) is 17.9. The van der Waals surface area contributed by atoms with Gasteiger partial charge >= 0.3 is 0 Å². The Hall–Kier alpha value is -1.36. The lowest BCUT2D eigenvalue weighted by Gasteiger charge is -2.28. The summed E-state index contributed by atoms with van der Waals surface area (Å²) < 4.78 is 0. The van der Waals surface area contributed by atoms with Crippen molar-refractivity contribution in [3.8, 4) is 0 Å². The molecule has 0 aliphatic heterocycles. The van der Waals surface area contributed by atoms with Gasteiger partial charge in [-0.1, -0.05) is 45.6 Å². The highest BCUT2D eigenvalue weighted by Crippen LogP contribution is 2.28. The van der Waals surface area contributed by atoms with Crippen LogP contribution in [0.4, 0.5) is 0 Å². The summed E-state index contributed by atoms with van der Waals surface area (Å²) in [6.07, 6.45) is 12.2. The molecule has 0 heterocycles. The number of hydrogen-bond donors (Lipinski definition) is 2. The van der Waals surface area contributed by atoms with Crippen molar-refractivity contribution in [3.63, 3.8) is 0 Å². The first kappa shape index (κ1) is 20.7. The van der Waals surface area contributed by atoms with Crippen molar-refractivity contribution in [1.82, 2.24) is 10.2 Å². The van der Waals surface area contributed by atoms with Gasteiger partial charge in [0.1, 0.15) is 0 Å². The Kier molecular flexibility index (Phi) is 9.69. The van der Waals surface area contributed by atoms with Crippen molar-refractivity contribution >= 4 is 12.1 Å². The minimum atomic E-state index is -0.177. The molecule has 0 aromatic heterocycles. The normalized spacial score (nSPS) is 20.6. The molecule has 3 atom stereocenters. The Morgan fingerprint density at radius 3 is 2.58 bits per heavy atom. The molecule has 0 radical (unpaired) electrons. The van der Waals surface area contributed by atoms with Crippen LogP contribution in [0.1, 0.15) is 65.7 Å². The van der Waals surface area contributed by atoms with Crippen LogP contribution in [0.3, 0.4) is 0 Å². The first-order chi connectivity index (χ1) is 11.5. The van der Waals surface area contributed by atoms with E-state index in [1.807, 2.05) is 25.8 Å². The van der Waals surface area contributed by atoms with Crippen LogP contribution < -0.4 is 11.1 Å². The fraction of sp³-hybridized carbons (Fsp3) is 0.789. The van der Waals surface area contributed by atoms with Crippen LogP contribution >= 0.6 is 0 Å². The van der Waals surface area contributed by atoms with E-state index in [1.165, 1.54) is 32.1 Å². The minimum absolute atomic E-state index is 0.139. The van der Waals surface area contributed by atoms with Gasteiger partial charge in [-0.25, -0.2) is 0 Å². The maximum Gasteiger partial charge on any atom is 0.196 e. The topological polar surface area (TPSA) is 66.0 Å². The Morgan fingerprint density at radius 2 is 2.04 bits per heavy atom. The number of hydrogen-bond acceptors (Lipinski definition) is 4. The molecule has 1 aliphatic carbocycles. The summed E-state index contributed by atoms with van der Waals surface area (Å²) >= 11 is 0. The Morgan fingerprint density at radius 1 is 1.38 bits per heavy atom. The maximum atomic E-state index is 6.49. The van der Waals surface area contributed by atoms with E-state index in [-0.39, 0.29) is 18.4 Å². The lowest BCUT2D eigenvalue weighted by atomic mass is 9.83. The summed E-state index contributed by atoms with van der Waals surface area (Å²) in [6, 6.07) is 0.305. The highest BCUT2D eigenvalue weighted by Gasteiger charge is 2.22. The number of nitrogens with two attached hydrogens (primary N) is 1. The van der Waals surface area contributed by atoms with Crippen LogP contribution in [0.15, 0.2) is 22.8 Å². The second-order valence-corrected chi connectivity index (χ2v) is 6.87. The standard InChI is InChI=1S/C19H37N5/c1-6-18(17(20)14-16-12-10-9-11-13-16)22-15(4)23-19(21-7-2)24(5)8-3/h7-8,16-19H,3,6,9-14,20H2,1-2,4-5H3,(H,22,23)/t17-,18?,19+/m0/s1. The fourth-order valence-corrected chi connectivity index (χ4v) is 3.41. The van der Waals surface area contributed by atoms with Crippen molar-refractivity contribution in [2.75, 3.05) is 7.05 Å². The van der Waals surface area contributed by atoms with Crippen LogP contribution in [0.25, 0.3) is 0 Å². The Bertz CT molecular complexity index is 412. The van der Waals surface area contributed by atoms with Crippen LogP contribution in [0.2, 0.25) is 0 Å². The molecule has 1 aliphatic rings. The molecule has 1 rings (SSSR count). The number of rotatable bonds is 9. The fourth-order valence-electron chi connectivity index (χ4n) is 3.41. The highest BCUT2D eigenvalue weighted by atomic mass is 15.3. The number of amidine groups is 1. The van der Waals surface area contributed by atoms with Gasteiger partial charge in [0.2, 0.25) is 0 Å². The molecule has 0 aromatic rings. The van der Waals surface area contributed by atoms with Gasteiger partial charge < -0.3 is 16.0 Å². The average molecular weight is 336 g/mol. The van der Waals surface area contributed by atoms with Gasteiger partial charge in [0.05, 0.1) is 11.9 Å². The number of nitrogens with zero attached hydrogens (tertiary/aromatic N) is 3. The van der Waals surface area contributed by atoms with Gasteiger partial charge in [0, 0.05) is 19.3 Å². The lowest BCUT2D eigenvalue weighted by molar-refractivity contribution is 0.299. The van der Waals surface area contributed by atoms with Gasteiger partial charge in [0.15, 0.2) is 6.29 Å². The zero-order valence-corrected chi connectivity index (χ0v) is 16.0. The predicted octanol–water partition coefficient (Wildman–Crippen LogP) is 3.52. The van der Waals surface area contributed by atoms with Crippen LogP contribution in [-0.4, -0.2) is 42.4 Å². The number of nitrogens with one attached hydrogen (secondary N) is 1. The molecule has 5 heteroatoms. The molecule has 1 unspecified atom stereocenters. The summed E-state index contributed by atoms with van der Waals surface area (Å²) in [5, 5.41) is 3.34. The molecule has 24 heavy (non-hydrogen) atoms. The van der Waals surface area contributed by atoms with Crippen LogP contribution in [0.5, 0.6) is 0 Å². The molecule has 3 N–H and O–H groups in total. The van der Waals surface area contributed by atoms with Gasteiger partial charge in [-0.3, -0.25) is 9.98 Å². The summed E-state index contributed by atoms with van der Waals surface area (Å²) in [6.45, 7) is 9.86. The Balaban J connectivity index is 2.64. The highest BCUT2D eigenvalue weighted by molar-refractivity contribution is 5.80. The largest absolute Gasteiger partial charge is 0.343 e. The monoisotopic (exact) mass is 335 g/mol. The van der Waals surface area contributed by atoms with Crippen LogP contribution in [0, 0.1) is 5.92 Å². The van der Waals surface area contributed by atoms with Gasteiger partial charge in [-0.2, -0.15) is 0 Å². The van der Waals surface area contributed by atoms with Gasteiger partial charge in [0.25, 0.3) is 0 Å². The SMILES string of the molecule is C=CN(C)[C@H](N=CC)NC(C)=NC(CC)[C@@H](N)CC1CCCCC1. The van der Waals surface area contributed by atoms with Crippen LogP contribution in [-0.2, 0) is 0 Å². The van der Waals surface area contributed by atoms with E-state index in [1.54, 1.807) is 12.4 Å². The van der Waals surface area contributed by atoms with E-state index in [0.717, 1.165) is 24.6 Å². The van der Waals surface area contributed by atoms with E-state index < -0.39 is 0 Å². The first-order valence-corrected chi connectivity index (χ1v) is 9.40. The smallest absolute Gasteiger partial charge is 0.196 e. The molecule has 138 valence electrons. The van der Waals surface area contributed by atoms with E-state index in [4.69, 9.17) is 10.7 Å². The third-order valence-electron chi connectivity index (χ3n) is 4.90. The molecule has 0 spiro atoms. The molecule has 0 bridgehead atoms. The lowest BCUT2D eigenvalue weighted by Crippen LogP contribution is -2.43. The molecule has 0 amide bonds. The summed E-state index contributed by atoms with van der Waals surface area (Å²) in [5.41, 5.74) is 6.49. The van der Waals surface area contributed by atoms with Crippen molar-refractivity contribution in [2.24, 2.45) is 21.6 Å². The predicted molar refractivity (Wildman–Crippen MR) is 105 cm³/mol. The first-order valence-electron chi connectivity index (χ1n) is 9.40. The number of aliphatic imine (C=N–C) groups is 2. The molecule has 0 saturated heterocycles. The summed E-state index contributed by atoms with van der Waals surface area (Å²) in [5.74, 6) is 1.67. The zero-order valence-electron chi connectivity index (χ0n) is 16.0. The third kappa shape index (κ3) is 7.04. The van der Waals surface area contributed by atoms with Gasteiger partial charge in [-0.15, -0.1) is 0 Å². The van der Waals surface area contributed by atoms with E-state index in [2.05, 4.69) is 23.8 Å². The summed E-state index contributed by atoms with van der Waals surface area (Å²) in [4.78, 5) is 11.2. The molecule has 1 saturated carbocycles. The van der Waals surface area contributed by atoms with Crippen molar-refractivity contribution in [1.29, 1.82) is 0 Å². The molecular formula is C19H37N5. The quantitative estimate of drug-likeness (QED) is 0.385. The van der Waals surface area contributed by atoms with Crippen molar-refractivity contribution in [3.05, 3.63) is 12.8 Å². The average Bonchev–Trinajstić information content (AvgIpc) is 2.59. The second kappa shape index (κ2) is 11.2. The second-order valence-electron chi connectivity index (χ2n) is 6.87. The molecule has 5 nitrogen and oxygen atoms in total. The van der Waals surface area contributed by atoms with E-state index in [9.17, 15) is 0 Å². The molecule has 0 aromatic carbocycles. The maximum absolute atomic E-state index is 6.49. The van der Waals surface area contributed by atoms with Crippen molar-refractivity contribution < 1.29 is 0 Å². The van der Waals surface area contributed by atoms with E-state index >= 15 is 0 Å². The van der Waals surface area contributed by atoms with Gasteiger partial charge in [-0.05, 0) is 38.8 Å². The third-order valence-corrected chi connectivity index (χ3v) is 4.90. The van der Waals surface area contributed by atoms with E-state index in [0.29, 0.717) is 0 Å².